The van der Waals surface area contributed by atoms with Crippen molar-refractivity contribution in [1.82, 2.24) is 5.32 Å². The summed E-state index contributed by atoms with van der Waals surface area (Å²) in [6.45, 7) is 5.09. The van der Waals surface area contributed by atoms with Gasteiger partial charge in [-0.25, -0.2) is 0 Å². The lowest BCUT2D eigenvalue weighted by molar-refractivity contribution is -0.00251. The van der Waals surface area contributed by atoms with E-state index in [2.05, 4.69) is 65.3 Å². The standard InChI is InChI=1S/C35H43NO6S/c1-37-23-30(38-2)24-42-35-28(11-10-26-7-3-4-9-33(26)35)22-41-34-21-36-17-16-32(34)27-12-14-29(15-13-27)40-19-6-18-39-25-31-8-5-20-43-31/h3-5,7-15,20,30,32,34,36H,6,16-19,21-25H2,1-2H3/t30-,32+,34-/m0/s1. The Balaban J connectivity index is 1.17. The summed E-state index contributed by atoms with van der Waals surface area (Å²) in [6.07, 6.45) is 1.76. The smallest absolute Gasteiger partial charge is 0.132 e. The molecule has 0 amide bonds. The normalized spacial score (nSPS) is 17.6. The summed E-state index contributed by atoms with van der Waals surface area (Å²) < 4.78 is 35.5. The topological polar surface area (TPSA) is 67.4 Å². The number of ether oxygens (including phenoxy) is 6. The quantitative estimate of drug-likeness (QED) is 0.136. The van der Waals surface area contributed by atoms with Crippen LogP contribution in [-0.4, -0.2) is 65.9 Å². The first-order valence-corrected chi connectivity index (χ1v) is 15.9. The maximum atomic E-state index is 6.62. The van der Waals surface area contributed by atoms with Crippen molar-refractivity contribution in [2.45, 2.75) is 44.2 Å². The highest BCUT2D eigenvalue weighted by Gasteiger charge is 2.28. The number of rotatable bonds is 17. The van der Waals surface area contributed by atoms with Crippen molar-refractivity contribution < 1.29 is 28.4 Å². The van der Waals surface area contributed by atoms with Crippen molar-refractivity contribution in [2.24, 2.45) is 0 Å². The van der Waals surface area contributed by atoms with E-state index < -0.39 is 0 Å². The molecule has 1 N–H and O–H groups in total. The van der Waals surface area contributed by atoms with E-state index >= 15 is 0 Å². The van der Waals surface area contributed by atoms with E-state index in [4.69, 9.17) is 28.4 Å². The molecule has 0 spiro atoms. The van der Waals surface area contributed by atoms with Crippen LogP contribution in [0.1, 0.15) is 34.8 Å². The summed E-state index contributed by atoms with van der Waals surface area (Å²) >= 11 is 1.72. The third-order valence-corrected chi connectivity index (χ3v) is 8.62. The Kier molecular flexibility index (Phi) is 12.3. The van der Waals surface area contributed by atoms with Crippen molar-refractivity contribution >= 4 is 22.1 Å². The van der Waals surface area contributed by atoms with Crippen LogP contribution >= 0.6 is 11.3 Å². The first-order chi connectivity index (χ1) is 21.2. The zero-order valence-electron chi connectivity index (χ0n) is 25.2. The number of hydrogen-bond acceptors (Lipinski definition) is 8. The minimum absolute atomic E-state index is 0.0422. The molecule has 1 aliphatic heterocycles. The maximum absolute atomic E-state index is 6.62. The van der Waals surface area contributed by atoms with Crippen LogP contribution in [0.3, 0.4) is 0 Å². The van der Waals surface area contributed by atoms with E-state index in [-0.39, 0.29) is 12.2 Å². The van der Waals surface area contributed by atoms with Crippen LogP contribution in [0, 0.1) is 0 Å². The van der Waals surface area contributed by atoms with Gasteiger partial charge < -0.3 is 33.7 Å². The van der Waals surface area contributed by atoms with Crippen LogP contribution in [0.25, 0.3) is 10.8 Å². The zero-order chi connectivity index (χ0) is 29.7. The van der Waals surface area contributed by atoms with Crippen molar-refractivity contribution in [2.75, 3.05) is 53.7 Å². The Morgan fingerprint density at radius 1 is 0.884 bits per heavy atom. The van der Waals surface area contributed by atoms with E-state index in [0.717, 1.165) is 53.8 Å². The Labute approximate surface area is 259 Å². The molecule has 5 rings (SSSR count). The first-order valence-electron chi connectivity index (χ1n) is 15.1. The van der Waals surface area contributed by atoms with Gasteiger partial charge in [-0.05, 0) is 47.5 Å². The number of nitrogens with one attached hydrogen (secondary N) is 1. The van der Waals surface area contributed by atoms with Crippen LogP contribution in [-0.2, 0) is 32.2 Å². The number of benzene rings is 3. The molecule has 1 aliphatic rings. The van der Waals surface area contributed by atoms with Crippen molar-refractivity contribution in [3.63, 3.8) is 0 Å². The van der Waals surface area contributed by atoms with Crippen LogP contribution < -0.4 is 14.8 Å². The molecule has 3 atom stereocenters. The second kappa shape index (κ2) is 16.8. The largest absolute Gasteiger partial charge is 0.494 e. The highest BCUT2D eigenvalue weighted by atomic mass is 32.1. The molecule has 2 heterocycles. The van der Waals surface area contributed by atoms with E-state index in [1.54, 1.807) is 25.6 Å². The van der Waals surface area contributed by atoms with Crippen molar-refractivity contribution in [1.29, 1.82) is 0 Å². The number of methoxy groups -OCH3 is 2. The van der Waals surface area contributed by atoms with Gasteiger partial charge in [0.2, 0.25) is 0 Å². The minimum Gasteiger partial charge on any atom is -0.494 e. The highest BCUT2D eigenvalue weighted by Crippen LogP contribution is 2.34. The molecule has 1 saturated heterocycles. The number of hydrogen-bond donors (Lipinski definition) is 1. The lowest BCUT2D eigenvalue weighted by Crippen LogP contribution is -2.41. The van der Waals surface area contributed by atoms with Crippen molar-refractivity contribution in [3.8, 4) is 11.5 Å². The molecule has 3 aromatic carbocycles. The van der Waals surface area contributed by atoms with Gasteiger partial charge in [0.15, 0.2) is 0 Å². The molecule has 0 unspecified atom stereocenters. The molecule has 230 valence electrons. The summed E-state index contributed by atoms with van der Waals surface area (Å²) in [4.78, 5) is 1.25. The van der Waals surface area contributed by atoms with Gasteiger partial charge in [0.05, 0.1) is 39.1 Å². The van der Waals surface area contributed by atoms with Crippen LogP contribution in [0.2, 0.25) is 0 Å². The predicted octanol–water partition coefficient (Wildman–Crippen LogP) is 6.59. The molecule has 4 aromatic rings. The van der Waals surface area contributed by atoms with Crippen molar-refractivity contribution in [3.05, 3.63) is 94.2 Å². The Bertz CT molecular complexity index is 1360. The van der Waals surface area contributed by atoms with Gasteiger partial charge in [-0.3, -0.25) is 0 Å². The average Bonchev–Trinajstić information content (AvgIpc) is 3.58. The molecule has 7 nitrogen and oxygen atoms in total. The predicted molar refractivity (Wildman–Crippen MR) is 171 cm³/mol. The fourth-order valence-corrected chi connectivity index (χ4v) is 6.07. The summed E-state index contributed by atoms with van der Waals surface area (Å²) in [5.41, 5.74) is 2.30. The molecule has 0 bridgehead atoms. The van der Waals surface area contributed by atoms with E-state index in [0.29, 0.717) is 45.6 Å². The van der Waals surface area contributed by atoms with Crippen LogP contribution in [0.15, 0.2) is 78.2 Å². The average molecular weight is 606 g/mol. The summed E-state index contributed by atoms with van der Waals surface area (Å²) in [7, 11) is 3.35. The zero-order valence-corrected chi connectivity index (χ0v) is 26.0. The van der Waals surface area contributed by atoms with Gasteiger partial charge in [0.1, 0.15) is 24.2 Å². The van der Waals surface area contributed by atoms with Gasteiger partial charge in [-0.2, -0.15) is 0 Å². The fraction of sp³-hybridized carbons (Fsp3) is 0.429. The van der Waals surface area contributed by atoms with E-state index in [1.165, 1.54) is 10.4 Å². The second-order valence-corrected chi connectivity index (χ2v) is 11.8. The highest BCUT2D eigenvalue weighted by molar-refractivity contribution is 7.09. The number of fused-ring (bicyclic) bond motifs is 1. The molecule has 0 saturated carbocycles. The minimum atomic E-state index is -0.152. The molecule has 43 heavy (non-hydrogen) atoms. The van der Waals surface area contributed by atoms with E-state index in [9.17, 15) is 0 Å². The third-order valence-electron chi connectivity index (χ3n) is 7.77. The van der Waals surface area contributed by atoms with Crippen LogP contribution in [0.4, 0.5) is 0 Å². The lowest BCUT2D eigenvalue weighted by Gasteiger charge is -2.33. The van der Waals surface area contributed by atoms with Crippen LogP contribution in [0.5, 0.6) is 11.5 Å². The number of piperidine rings is 1. The summed E-state index contributed by atoms with van der Waals surface area (Å²) in [5, 5.41) is 7.79. The summed E-state index contributed by atoms with van der Waals surface area (Å²) in [6, 6.07) is 25.2. The molecule has 8 heteroatoms. The molecular formula is C35H43NO6S. The fourth-order valence-electron chi connectivity index (χ4n) is 5.43. The Morgan fingerprint density at radius 2 is 1.77 bits per heavy atom. The molecular weight excluding hydrogens is 562 g/mol. The second-order valence-electron chi connectivity index (χ2n) is 10.8. The third kappa shape index (κ3) is 9.01. The van der Waals surface area contributed by atoms with Gasteiger partial charge in [0, 0.05) is 48.9 Å². The van der Waals surface area contributed by atoms with Gasteiger partial charge in [-0.1, -0.05) is 54.6 Å². The maximum Gasteiger partial charge on any atom is 0.132 e. The number of thiophene rings is 1. The first kappa shape index (κ1) is 31.4. The molecule has 1 fully saturated rings. The Morgan fingerprint density at radius 3 is 2.58 bits per heavy atom. The lowest BCUT2D eigenvalue weighted by atomic mass is 9.87. The van der Waals surface area contributed by atoms with Gasteiger partial charge in [-0.15, -0.1) is 11.3 Å². The molecule has 1 aromatic heterocycles. The molecule has 0 aliphatic carbocycles. The van der Waals surface area contributed by atoms with E-state index in [1.807, 2.05) is 18.2 Å². The molecule has 0 radical (unpaired) electrons. The Hall–Kier alpha value is -2.98. The monoisotopic (exact) mass is 605 g/mol. The van der Waals surface area contributed by atoms with Gasteiger partial charge in [0.25, 0.3) is 0 Å². The SMILES string of the molecule is COC[C@@H](COc1c(CO[C@H]2CNCC[C@@H]2c2ccc(OCCCOCc3cccs3)cc2)ccc2ccccc12)OC. The van der Waals surface area contributed by atoms with Gasteiger partial charge >= 0.3 is 0 Å². The summed E-state index contributed by atoms with van der Waals surface area (Å²) in [5.74, 6) is 2.02.